The normalized spacial score (nSPS) is 11.8. The molecule has 6 rings (SSSR count). The predicted molar refractivity (Wildman–Crippen MR) is 207 cm³/mol. The fraction of sp³-hybridized carbons (Fsp3) is 0.0952. The Bertz CT molecular complexity index is 2100. The molecule has 0 aromatic heterocycles. The molecular formula is C42H38N2O6S2. The van der Waals surface area contributed by atoms with Gasteiger partial charge < -0.3 is 9.80 Å². The maximum Gasteiger partial charge on any atom is 0.295 e. The van der Waals surface area contributed by atoms with Gasteiger partial charge in [0, 0.05) is 37.6 Å². The molecule has 6 aromatic rings. The summed E-state index contributed by atoms with van der Waals surface area (Å²) in [5.41, 5.74) is 5.49. The van der Waals surface area contributed by atoms with Gasteiger partial charge in [-0.2, -0.15) is 16.8 Å². The van der Waals surface area contributed by atoms with E-state index in [1.807, 2.05) is 131 Å². The Labute approximate surface area is 305 Å². The molecule has 0 atom stereocenters. The van der Waals surface area contributed by atoms with E-state index in [2.05, 4.69) is 0 Å². The molecule has 0 aliphatic rings. The van der Waals surface area contributed by atoms with Gasteiger partial charge in [0.2, 0.25) is 0 Å². The van der Waals surface area contributed by atoms with Crippen LogP contribution in [-0.4, -0.2) is 25.9 Å². The topological polar surface area (TPSA) is 115 Å². The minimum Gasteiger partial charge on any atom is -0.363 e. The van der Waals surface area contributed by atoms with Crippen LogP contribution in [-0.2, 0) is 46.4 Å². The number of rotatable bonds is 14. The predicted octanol–water partition coefficient (Wildman–Crippen LogP) is 8.76. The zero-order valence-electron chi connectivity index (χ0n) is 28.2. The SMILES string of the molecule is O=S(=O)(O)c1cc(N(Cc2ccccc2)Cc2ccccc2)ccc1C=Cc1ccc(N(Cc2ccccc2)Cc2ccccc2)cc1S(=O)(=O)O. The summed E-state index contributed by atoms with van der Waals surface area (Å²) >= 11 is 0. The lowest BCUT2D eigenvalue weighted by Crippen LogP contribution is -2.22. The van der Waals surface area contributed by atoms with E-state index in [-0.39, 0.29) is 20.9 Å². The van der Waals surface area contributed by atoms with E-state index in [1.165, 1.54) is 24.3 Å². The molecule has 0 unspecified atom stereocenters. The van der Waals surface area contributed by atoms with Crippen LogP contribution in [0.4, 0.5) is 11.4 Å². The second-order valence-corrected chi connectivity index (χ2v) is 15.2. The van der Waals surface area contributed by atoms with Gasteiger partial charge in [0.1, 0.15) is 9.79 Å². The van der Waals surface area contributed by atoms with Crippen molar-refractivity contribution in [3.8, 4) is 0 Å². The Morgan fingerprint density at radius 3 is 0.923 bits per heavy atom. The second-order valence-electron chi connectivity index (χ2n) is 12.4. The number of benzene rings is 6. The maximum absolute atomic E-state index is 12.8. The molecule has 0 aliphatic heterocycles. The van der Waals surface area contributed by atoms with Crippen LogP contribution < -0.4 is 9.80 Å². The van der Waals surface area contributed by atoms with Crippen LogP contribution in [0.3, 0.4) is 0 Å². The highest BCUT2D eigenvalue weighted by Gasteiger charge is 2.21. The van der Waals surface area contributed by atoms with E-state index in [9.17, 15) is 25.9 Å². The van der Waals surface area contributed by atoms with E-state index in [1.54, 1.807) is 24.3 Å². The quantitative estimate of drug-likeness (QED) is 0.0845. The number of hydrogen-bond acceptors (Lipinski definition) is 6. The molecule has 52 heavy (non-hydrogen) atoms. The summed E-state index contributed by atoms with van der Waals surface area (Å²) in [5, 5.41) is 0. The summed E-state index contributed by atoms with van der Waals surface area (Å²) < 4.78 is 71.8. The zero-order valence-corrected chi connectivity index (χ0v) is 29.9. The van der Waals surface area contributed by atoms with E-state index in [0.717, 1.165) is 22.3 Å². The minimum absolute atomic E-state index is 0.144. The Balaban J connectivity index is 1.35. The fourth-order valence-corrected chi connectivity index (χ4v) is 7.44. The van der Waals surface area contributed by atoms with Crippen LogP contribution in [0.2, 0.25) is 0 Å². The van der Waals surface area contributed by atoms with Gasteiger partial charge in [-0.15, -0.1) is 0 Å². The first-order valence-corrected chi connectivity index (χ1v) is 19.5. The van der Waals surface area contributed by atoms with E-state index in [0.29, 0.717) is 37.6 Å². The highest BCUT2D eigenvalue weighted by atomic mass is 32.2. The lowest BCUT2D eigenvalue weighted by molar-refractivity contribution is 0.480. The summed E-state index contributed by atoms with van der Waals surface area (Å²) in [7, 11) is -9.42. The zero-order chi connectivity index (χ0) is 36.6. The van der Waals surface area contributed by atoms with Gasteiger partial charge in [0.25, 0.3) is 20.2 Å². The molecule has 0 saturated heterocycles. The first-order chi connectivity index (χ1) is 25.0. The van der Waals surface area contributed by atoms with Crippen LogP contribution in [0.5, 0.6) is 0 Å². The molecule has 0 amide bonds. The second kappa shape index (κ2) is 16.2. The highest BCUT2D eigenvalue weighted by Crippen LogP contribution is 2.31. The third kappa shape index (κ3) is 9.62. The van der Waals surface area contributed by atoms with Crippen molar-refractivity contribution < 1.29 is 25.9 Å². The number of nitrogens with zero attached hydrogens (tertiary/aromatic N) is 2. The van der Waals surface area contributed by atoms with E-state index in [4.69, 9.17) is 0 Å². The minimum atomic E-state index is -4.71. The number of hydrogen-bond donors (Lipinski definition) is 2. The molecule has 0 radical (unpaired) electrons. The van der Waals surface area contributed by atoms with Gasteiger partial charge in [0.05, 0.1) is 0 Å². The molecule has 0 saturated carbocycles. The Kier molecular flexibility index (Phi) is 11.3. The first kappa shape index (κ1) is 36.3. The average Bonchev–Trinajstić information content (AvgIpc) is 3.14. The van der Waals surface area contributed by atoms with Crippen LogP contribution in [0.25, 0.3) is 12.2 Å². The summed E-state index contributed by atoms with van der Waals surface area (Å²) in [5.74, 6) is 0. The van der Waals surface area contributed by atoms with Gasteiger partial charge in [-0.25, -0.2) is 0 Å². The van der Waals surface area contributed by atoms with Crippen molar-refractivity contribution in [3.05, 3.63) is 191 Å². The molecule has 10 heteroatoms. The van der Waals surface area contributed by atoms with Crippen molar-refractivity contribution in [3.63, 3.8) is 0 Å². The Morgan fingerprint density at radius 2 is 0.673 bits per heavy atom. The summed E-state index contributed by atoms with van der Waals surface area (Å²) in [6, 6.07) is 48.6. The number of anilines is 2. The lowest BCUT2D eigenvalue weighted by atomic mass is 10.1. The third-order valence-corrected chi connectivity index (χ3v) is 10.4. The van der Waals surface area contributed by atoms with Crippen LogP contribution in [0.1, 0.15) is 33.4 Å². The summed E-state index contributed by atoms with van der Waals surface area (Å²) in [6.07, 6.45) is 2.84. The summed E-state index contributed by atoms with van der Waals surface area (Å²) in [4.78, 5) is 3.35. The average molecular weight is 731 g/mol. The van der Waals surface area contributed by atoms with Crippen molar-refractivity contribution in [1.29, 1.82) is 0 Å². The fourth-order valence-electron chi connectivity index (χ4n) is 6.03. The smallest absolute Gasteiger partial charge is 0.295 e. The molecule has 0 aliphatic carbocycles. The molecule has 0 spiro atoms. The largest absolute Gasteiger partial charge is 0.363 e. The monoisotopic (exact) mass is 730 g/mol. The Morgan fingerprint density at radius 1 is 0.404 bits per heavy atom. The molecule has 0 fully saturated rings. The van der Waals surface area contributed by atoms with E-state index >= 15 is 0 Å². The van der Waals surface area contributed by atoms with Gasteiger partial charge in [-0.3, -0.25) is 9.11 Å². The van der Waals surface area contributed by atoms with Crippen molar-refractivity contribution in [2.24, 2.45) is 0 Å². The molecule has 6 aromatic carbocycles. The molecule has 0 heterocycles. The van der Waals surface area contributed by atoms with Crippen LogP contribution in [0, 0.1) is 0 Å². The highest BCUT2D eigenvalue weighted by molar-refractivity contribution is 7.86. The van der Waals surface area contributed by atoms with Gasteiger partial charge in [-0.05, 0) is 57.6 Å². The van der Waals surface area contributed by atoms with Gasteiger partial charge >= 0.3 is 0 Å². The molecule has 264 valence electrons. The molecule has 8 nitrogen and oxygen atoms in total. The van der Waals surface area contributed by atoms with Crippen molar-refractivity contribution in [2.75, 3.05) is 9.80 Å². The van der Waals surface area contributed by atoms with Crippen LogP contribution >= 0.6 is 0 Å². The van der Waals surface area contributed by atoms with E-state index < -0.39 is 20.2 Å². The molecule has 0 bridgehead atoms. The first-order valence-electron chi connectivity index (χ1n) is 16.6. The van der Waals surface area contributed by atoms with Crippen LogP contribution in [0.15, 0.2) is 168 Å². The summed E-state index contributed by atoms with van der Waals surface area (Å²) in [6.45, 7) is 1.91. The Hall–Kier alpha value is -5.52. The van der Waals surface area contributed by atoms with Crippen molar-refractivity contribution in [2.45, 2.75) is 36.0 Å². The maximum atomic E-state index is 12.8. The molecular weight excluding hydrogens is 693 g/mol. The van der Waals surface area contributed by atoms with Crippen molar-refractivity contribution >= 4 is 43.8 Å². The molecule has 2 N–H and O–H groups in total. The third-order valence-electron chi connectivity index (χ3n) is 8.59. The van der Waals surface area contributed by atoms with Gasteiger partial charge in [0.15, 0.2) is 0 Å². The lowest BCUT2D eigenvalue weighted by Gasteiger charge is -2.26. The van der Waals surface area contributed by atoms with Crippen molar-refractivity contribution in [1.82, 2.24) is 0 Å². The standard InChI is InChI=1S/C42H38N2O6S2/c45-51(46,47)41-27-39(43(29-33-13-5-1-6-14-33)30-34-15-7-2-8-16-34)25-23-37(41)21-22-38-24-26-40(28-42(38)52(48,49)50)44(31-35-17-9-3-10-18-35)32-36-19-11-4-12-20-36/h1-28H,29-32H2,(H,45,46,47)(H,48,49,50). The van der Waals surface area contributed by atoms with Gasteiger partial charge in [-0.1, -0.05) is 146 Å².